The molecule has 2 N–H and O–H groups in total. The van der Waals surface area contributed by atoms with Crippen molar-refractivity contribution in [1.82, 2.24) is 0 Å². The normalized spacial score (nSPS) is 14.4. The molecule has 0 atom stereocenters. The van der Waals surface area contributed by atoms with Gasteiger partial charge >= 0.3 is 0 Å². The van der Waals surface area contributed by atoms with Crippen molar-refractivity contribution < 1.29 is 24.5 Å². The lowest BCUT2D eigenvalue weighted by Gasteiger charge is -2.16. The molecule has 0 unspecified atom stereocenters. The summed E-state index contributed by atoms with van der Waals surface area (Å²) in [6, 6.07) is 1.000. The second-order valence-corrected chi connectivity index (χ2v) is 3.79. The van der Waals surface area contributed by atoms with Crippen molar-refractivity contribution in [3.8, 4) is 11.5 Å². The molecular weight excluding hydrogens is 248 g/mol. The van der Waals surface area contributed by atoms with Gasteiger partial charge in [-0.15, -0.1) is 0 Å². The van der Waals surface area contributed by atoms with Crippen molar-refractivity contribution in [1.29, 1.82) is 0 Å². The highest BCUT2D eigenvalue weighted by Crippen LogP contribution is 2.39. The molecule has 1 aromatic carbocycles. The number of benzene rings is 1. The van der Waals surface area contributed by atoms with Gasteiger partial charge in [-0.05, 0) is 0 Å². The van der Waals surface area contributed by atoms with Gasteiger partial charge in [0.15, 0.2) is 11.5 Å². The molecule has 0 heterocycles. The van der Waals surface area contributed by atoms with Gasteiger partial charge in [-0.3, -0.25) is 9.59 Å². The number of carbonyl (C=O) groups is 2. The Bertz CT molecular complexity index is 574. The van der Waals surface area contributed by atoms with E-state index in [0.717, 1.165) is 12.1 Å². The van der Waals surface area contributed by atoms with E-state index in [1.54, 1.807) is 0 Å². The second-order valence-electron chi connectivity index (χ2n) is 3.38. The van der Waals surface area contributed by atoms with E-state index >= 15 is 0 Å². The lowest BCUT2D eigenvalue weighted by Crippen LogP contribution is -2.18. The van der Waals surface area contributed by atoms with Crippen LogP contribution in [-0.2, 0) is 4.74 Å². The monoisotopic (exact) mass is 254 g/mol. The van der Waals surface area contributed by atoms with Gasteiger partial charge < -0.3 is 14.9 Å². The average molecular weight is 255 g/mol. The summed E-state index contributed by atoms with van der Waals surface area (Å²) in [5.41, 5.74) is -0.600. The maximum absolute atomic E-state index is 11.8. The molecule has 0 aliphatic heterocycles. The lowest BCUT2D eigenvalue weighted by molar-refractivity contribution is 0.0912. The minimum atomic E-state index is -0.674. The highest BCUT2D eigenvalue weighted by Gasteiger charge is 2.33. The highest BCUT2D eigenvalue weighted by atomic mass is 35.5. The van der Waals surface area contributed by atoms with Gasteiger partial charge in [0.2, 0.25) is 5.78 Å². The number of Topliss-reactive ketones (excluding diaryl/α,β-unsaturated/α-hetero) is 1. The molecule has 0 radical (unpaired) electrons. The Morgan fingerprint density at radius 2 is 1.88 bits per heavy atom. The number of phenolic OH excluding ortho intramolecular Hbond substituents is 2. The van der Waals surface area contributed by atoms with E-state index in [1.165, 1.54) is 7.11 Å². The van der Waals surface area contributed by atoms with Crippen LogP contribution in [0.3, 0.4) is 0 Å². The molecule has 0 bridgehead atoms. The molecule has 0 saturated carbocycles. The van der Waals surface area contributed by atoms with E-state index in [2.05, 4.69) is 0 Å². The third-order valence-corrected chi connectivity index (χ3v) is 2.70. The third kappa shape index (κ3) is 1.55. The van der Waals surface area contributed by atoms with Crippen LogP contribution in [0, 0.1) is 0 Å². The predicted octanol–water partition coefficient (Wildman–Crippen LogP) is 1.66. The van der Waals surface area contributed by atoms with Gasteiger partial charge in [-0.1, -0.05) is 11.6 Å². The Balaban J connectivity index is 2.80. The summed E-state index contributed by atoms with van der Waals surface area (Å²) < 4.78 is 4.72. The first-order valence-electron chi connectivity index (χ1n) is 4.56. The van der Waals surface area contributed by atoms with Crippen molar-refractivity contribution in [2.75, 3.05) is 7.11 Å². The van der Waals surface area contributed by atoms with E-state index in [1.807, 2.05) is 0 Å². The van der Waals surface area contributed by atoms with Gasteiger partial charge in [0, 0.05) is 12.1 Å². The Morgan fingerprint density at radius 1 is 1.24 bits per heavy atom. The minimum Gasteiger partial charge on any atom is -0.507 e. The van der Waals surface area contributed by atoms with E-state index in [0.29, 0.717) is 0 Å². The van der Waals surface area contributed by atoms with Crippen LogP contribution in [0.15, 0.2) is 17.9 Å². The topological polar surface area (TPSA) is 83.8 Å². The summed E-state index contributed by atoms with van der Waals surface area (Å²) in [6.07, 6.45) is 0.945. The van der Waals surface area contributed by atoms with Crippen LogP contribution in [-0.4, -0.2) is 28.9 Å². The number of rotatable bonds is 1. The third-order valence-electron chi connectivity index (χ3n) is 2.41. The Hall–Kier alpha value is -2.01. The van der Waals surface area contributed by atoms with Crippen LogP contribution in [0.1, 0.15) is 20.7 Å². The summed E-state index contributed by atoms with van der Waals surface area (Å²) in [7, 11) is 1.23. The Kier molecular flexibility index (Phi) is 2.55. The Labute approximate surface area is 101 Å². The molecule has 5 nitrogen and oxygen atoms in total. The zero-order valence-electron chi connectivity index (χ0n) is 8.65. The SMILES string of the molecule is COC1=CC(=O)c2c(O)c(Cl)cc(O)c2C1=O. The van der Waals surface area contributed by atoms with Gasteiger partial charge in [0.05, 0.1) is 23.3 Å². The van der Waals surface area contributed by atoms with E-state index in [9.17, 15) is 19.8 Å². The molecule has 0 spiro atoms. The van der Waals surface area contributed by atoms with Crippen LogP contribution in [0.4, 0.5) is 0 Å². The van der Waals surface area contributed by atoms with Crippen LogP contribution in [0.5, 0.6) is 11.5 Å². The second kappa shape index (κ2) is 3.78. The van der Waals surface area contributed by atoms with Crippen molar-refractivity contribution in [3.05, 3.63) is 34.1 Å². The maximum Gasteiger partial charge on any atom is 0.232 e. The van der Waals surface area contributed by atoms with E-state index in [-0.39, 0.29) is 21.9 Å². The number of fused-ring (bicyclic) bond motifs is 1. The van der Waals surface area contributed by atoms with Gasteiger partial charge in [-0.2, -0.15) is 0 Å². The number of phenols is 2. The molecule has 2 rings (SSSR count). The van der Waals surface area contributed by atoms with Gasteiger partial charge in [-0.25, -0.2) is 0 Å². The number of carbonyl (C=O) groups excluding carboxylic acids is 2. The van der Waals surface area contributed by atoms with Crippen molar-refractivity contribution in [2.45, 2.75) is 0 Å². The quantitative estimate of drug-likeness (QED) is 0.745. The highest BCUT2D eigenvalue weighted by molar-refractivity contribution is 6.35. The van der Waals surface area contributed by atoms with Gasteiger partial charge in [0.1, 0.15) is 11.5 Å². The van der Waals surface area contributed by atoms with Crippen LogP contribution < -0.4 is 0 Å². The predicted molar refractivity (Wildman–Crippen MR) is 58.5 cm³/mol. The zero-order valence-corrected chi connectivity index (χ0v) is 9.41. The average Bonchev–Trinajstić information content (AvgIpc) is 2.28. The first kappa shape index (κ1) is 11.5. The summed E-state index contributed by atoms with van der Waals surface area (Å²) in [4.78, 5) is 23.5. The first-order chi connectivity index (χ1) is 7.97. The summed E-state index contributed by atoms with van der Waals surface area (Å²) in [5, 5.41) is 19.0. The smallest absolute Gasteiger partial charge is 0.232 e. The molecule has 1 aliphatic carbocycles. The van der Waals surface area contributed by atoms with Crippen molar-refractivity contribution in [3.63, 3.8) is 0 Å². The van der Waals surface area contributed by atoms with E-state index in [4.69, 9.17) is 16.3 Å². The van der Waals surface area contributed by atoms with Crippen LogP contribution in [0.2, 0.25) is 5.02 Å². The molecule has 6 heteroatoms. The maximum atomic E-state index is 11.8. The molecule has 88 valence electrons. The first-order valence-corrected chi connectivity index (χ1v) is 4.94. The fourth-order valence-electron chi connectivity index (χ4n) is 1.63. The number of hydrogen-bond donors (Lipinski definition) is 2. The molecule has 0 aromatic heterocycles. The fourth-order valence-corrected chi connectivity index (χ4v) is 1.83. The molecule has 0 saturated heterocycles. The Morgan fingerprint density at radius 3 is 2.47 bits per heavy atom. The number of allylic oxidation sites excluding steroid dienone is 2. The zero-order chi connectivity index (χ0) is 12.7. The van der Waals surface area contributed by atoms with Gasteiger partial charge in [0.25, 0.3) is 0 Å². The number of ketones is 2. The number of methoxy groups -OCH3 is 1. The molecule has 1 aromatic rings. The van der Waals surface area contributed by atoms with Crippen LogP contribution in [0.25, 0.3) is 0 Å². The molecule has 17 heavy (non-hydrogen) atoms. The standard InChI is InChI=1S/C11H7ClO5/c1-17-7-3-6(14)8-9(11(7)16)5(13)2-4(12)10(8)15/h2-3,13,15H,1H3. The molecule has 1 aliphatic rings. The minimum absolute atomic E-state index is 0.195. The van der Waals surface area contributed by atoms with Crippen LogP contribution >= 0.6 is 11.6 Å². The van der Waals surface area contributed by atoms with Crippen molar-refractivity contribution in [2.24, 2.45) is 0 Å². The van der Waals surface area contributed by atoms with Crippen molar-refractivity contribution >= 4 is 23.2 Å². The largest absolute Gasteiger partial charge is 0.507 e. The summed E-state index contributed by atoms with van der Waals surface area (Å²) >= 11 is 5.61. The molecule has 0 amide bonds. The molecular formula is C11H7ClO5. The summed E-state index contributed by atoms with van der Waals surface area (Å²) in [6.45, 7) is 0. The summed E-state index contributed by atoms with van der Waals surface area (Å²) in [5.74, 6) is -2.51. The number of aromatic hydroxyl groups is 2. The lowest BCUT2D eigenvalue weighted by atomic mass is 9.92. The van der Waals surface area contributed by atoms with E-state index < -0.39 is 23.1 Å². The fraction of sp³-hybridized carbons (Fsp3) is 0.0909. The number of halogens is 1. The number of hydrogen-bond acceptors (Lipinski definition) is 5. The number of ether oxygens (including phenoxy) is 1. The molecule has 0 fully saturated rings.